The number of fused-ring (bicyclic) bond motifs is 1. The smallest absolute Gasteiger partial charge is 0.261 e. The van der Waals surface area contributed by atoms with Gasteiger partial charge in [0.05, 0.1) is 10.9 Å². The summed E-state index contributed by atoms with van der Waals surface area (Å²) in [6.45, 7) is 11.3. The van der Waals surface area contributed by atoms with Crippen molar-refractivity contribution >= 4 is 10.9 Å². The summed E-state index contributed by atoms with van der Waals surface area (Å²) in [5.74, 6) is 0.917. The molecular weight excluding hydrogens is 286 g/mol. The zero-order chi connectivity index (χ0) is 16.9. The van der Waals surface area contributed by atoms with Gasteiger partial charge in [0.2, 0.25) is 0 Å². The normalized spacial score (nSPS) is 12.0. The molecule has 23 heavy (non-hydrogen) atoms. The number of nitrogens with one attached hydrogen (secondary N) is 1. The van der Waals surface area contributed by atoms with Gasteiger partial charge in [0.15, 0.2) is 0 Å². The summed E-state index contributed by atoms with van der Waals surface area (Å²) in [5, 5.41) is 4.06. The third kappa shape index (κ3) is 4.90. The molecule has 0 bridgehead atoms. The maximum atomic E-state index is 12.9. The Bertz CT molecular complexity index is 698. The summed E-state index contributed by atoms with van der Waals surface area (Å²) in [6.07, 6.45) is 3.00. The number of aromatic nitrogens is 2. The number of hydrogen-bond acceptors (Lipinski definition) is 3. The van der Waals surface area contributed by atoms with Gasteiger partial charge in [0.25, 0.3) is 5.56 Å². The van der Waals surface area contributed by atoms with Crippen LogP contribution in [-0.4, -0.2) is 22.6 Å². The van der Waals surface area contributed by atoms with Crippen molar-refractivity contribution in [1.82, 2.24) is 14.9 Å². The number of unbranched alkanes of at least 4 members (excludes halogenated alkanes) is 1. The first-order valence-electron chi connectivity index (χ1n) is 8.61. The van der Waals surface area contributed by atoms with E-state index in [1.165, 1.54) is 0 Å². The highest BCUT2D eigenvalue weighted by Crippen LogP contribution is 2.18. The van der Waals surface area contributed by atoms with Crippen LogP contribution in [0.3, 0.4) is 0 Å². The summed E-state index contributed by atoms with van der Waals surface area (Å²) in [4.78, 5) is 17.7. The highest BCUT2D eigenvalue weighted by Gasteiger charge is 2.17. The van der Waals surface area contributed by atoms with E-state index < -0.39 is 0 Å². The van der Waals surface area contributed by atoms with Crippen molar-refractivity contribution in [2.24, 2.45) is 5.41 Å². The summed E-state index contributed by atoms with van der Waals surface area (Å²) < 4.78 is 1.88. The molecule has 2 aromatic rings. The Kier molecular flexibility index (Phi) is 5.94. The maximum Gasteiger partial charge on any atom is 0.261 e. The topological polar surface area (TPSA) is 46.9 Å². The van der Waals surface area contributed by atoms with Crippen LogP contribution in [0, 0.1) is 5.41 Å². The van der Waals surface area contributed by atoms with Crippen LogP contribution in [0.25, 0.3) is 10.9 Å². The van der Waals surface area contributed by atoms with Gasteiger partial charge in [0, 0.05) is 13.0 Å². The molecule has 1 N–H and O–H groups in total. The Morgan fingerprint density at radius 1 is 1.17 bits per heavy atom. The van der Waals surface area contributed by atoms with Crippen molar-refractivity contribution in [1.29, 1.82) is 0 Å². The van der Waals surface area contributed by atoms with Gasteiger partial charge in [0.1, 0.15) is 5.82 Å². The van der Waals surface area contributed by atoms with E-state index >= 15 is 0 Å². The van der Waals surface area contributed by atoms with E-state index in [0.29, 0.717) is 11.9 Å². The van der Waals surface area contributed by atoms with Gasteiger partial charge >= 0.3 is 0 Å². The van der Waals surface area contributed by atoms with E-state index in [0.717, 1.165) is 43.7 Å². The molecule has 0 aliphatic carbocycles. The molecule has 126 valence electrons. The third-order valence-electron chi connectivity index (χ3n) is 3.83. The van der Waals surface area contributed by atoms with Crippen LogP contribution in [0.5, 0.6) is 0 Å². The van der Waals surface area contributed by atoms with Crippen molar-refractivity contribution < 1.29 is 0 Å². The third-order valence-corrected chi connectivity index (χ3v) is 3.83. The lowest BCUT2D eigenvalue weighted by Crippen LogP contribution is -2.30. The van der Waals surface area contributed by atoms with E-state index in [9.17, 15) is 4.79 Å². The standard InChI is InChI=1S/C19H29N3O/c1-5-20-13-9-8-12-17-21-16-11-7-6-10-15(16)18(23)22(17)14-19(2,3)4/h6-7,10-11,20H,5,8-9,12-14H2,1-4H3. The Hall–Kier alpha value is -1.68. The van der Waals surface area contributed by atoms with Crippen LogP contribution in [0.4, 0.5) is 0 Å². The SMILES string of the molecule is CCNCCCCc1nc2ccccc2c(=O)n1CC(C)(C)C. The molecule has 0 saturated heterocycles. The zero-order valence-electron chi connectivity index (χ0n) is 14.9. The second-order valence-electron chi connectivity index (χ2n) is 7.31. The van der Waals surface area contributed by atoms with E-state index in [2.05, 4.69) is 33.0 Å². The Morgan fingerprint density at radius 2 is 1.91 bits per heavy atom. The van der Waals surface area contributed by atoms with E-state index in [1.54, 1.807) is 0 Å². The lowest BCUT2D eigenvalue weighted by Gasteiger charge is -2.22. The number of aryl methyl sites for hydroxylation is 1. The van der Waals surface area contributed by atoms with Gasteiger partial charge in [-0.15, -0.1) is 0 Å². The van der Waals surface area contributed by atoms with E-state index in [1.807, 2.05) is 28.8 Å². The first-order valence-corrected chi connectivity index (χ1v) is 8.61. The summed E-state index contributed by atoms with van der Waals surface area (Å²) in [6, 6.07) is 7.65. The molecule has 2 rings (SSSR count). The Labute approximate surface area is 138 Å². The Balaban J connectivity index is 2.32. The molecule has 1 heterocycles. The summed E-state index contributed by atoms with van der Waals surface area (Å²) in [5.41, 5.74) is 0.948. The van der Waals surface area contributed by atoms with Crippen molar-refractivity contribution in [3.05, 3.63) is 40.4 Å². The molecule has 1 aromatic heterocycles. The summed E-state index contributed by atoms with van der Waals surface area (Å²) in [7, 11) is 0. The molecule has 0 atom stereocenters. The molecule has 1 aromatic carbocycles. The molecule has 0 saturated carbocycles. The molecule has 0 radical (unpaired) electrons. The fourth-order valence-electron chi connectivity index (χ4n) is 2.75. The fourth-order valence-corrected chi connectivity index (χ4v) is 2.75. The molecule has 0 amide bonds. The molecule has 0 fully saturated rings. The minimum atomic E-state index is 0.0481. The van der Waals surface area contributed by atoms with Gasteiger partial charge in [-0.2, -0.15) is 0 Å². The molecule has 4 nitrogen and oxygen atoms in total. The van der Waals surface area contributed by atoms with E-state index in [-0.39, 0.29) is 11.0 Å². The first-order chi connectivity index (χ1) is 10.9. The second-order valence-corrected chi connectivity index (χ2v) is 7.31. The highest BCUT2D eigenvalue weighted by atomic mass is 16.1. The van der Waals surface area contributed by atoms with E-state index in [4.69, 9.17) is 4.98 Å². The zero-order valence-corrected chi connectivity index (χ0v) is 14.9. The minimum absolute atomic E-state index is 0.0481. The largest absolute Gasteiger partial charge is 0.317 e. The molecule has 0 aliphatic rings. The van der Waals surface area contributed by atoms with Gasteiger partial charge in [-0.1, -0.05) is 39.8 Å². The van der Waals surface area contributed by atoms with Crippen LogP contribution >= 0.6 is 0 Å². The fraction of sp³-hybridized carbons (Fsp3) is 0.579. The molecule has 0 unspecified atom stereocenters. The van der Waals surface area contributed by atoms with Crippen molar-refractivity contribution in [3.8, 4) is 0 Å². The van der Waals surface area contributed by atoms with Crippen LogP contribution in [0.1, 0.15) is 46.4 Å². The molecule has 0 spiro atoms. The van der Waals surface area contributed by atoms with Gasteiger partial charge < -0.3 is 5.32 Å². The number of para-hydroxylation sites is 1. The quantitative estimate of drug-likeness (QED) is 0.797. The van der Waals surface area contributed by atoms with Gasteiger partial charge in [-0.25, -0.2) is 4.98 Å². The van der Waals surface area contributed by atoms with Gasteiger partial charge in [-0.05, 0) is 43.5 Å². The average molecular weight is 315 g/mol. The molecule has 4 heteroatoms. The molecule has 0 aliphatic heterocycles. The molecular formula is C19H29N3O. The van der Waals surface area contributed by atoms with Crippen LogP contribution in [0.15, 0.2) is 29.1 Å². The van der Waals surface area contributed by atoms with Crippen molar-refractivity contribution in [2.45, 2.75) is 53.5 Å². The van der Waals surface area contributed by atoms with Crippen molar-refractivity contribution in [2.75, 3.05) is 13.1 Å². The Morgan fingerprint density at radius 3 is 2.61 bits per heavy atom. The van der Waals surface area contributed by atoms with Gasteiger partial charge in [-0.3, -0.25) is 9.36 Å². The number of hydrogen-bond donors (Lipinski definition) is 1. The number of nitrogens with zero attached hydrogens (tertiary/aromatic N) is 2. The highest BCUT2D eigenvalue weighted by molar-refractivity contribution is 5.77. The van der Waals surface area contributed by atoms with Crippen molar-refractivity contribution in [3.63, 3.8) is 0 Å². The van der Waals surface area contributed by atoms with Crippen LogP contribution in [0.2, 0.25) is 0 Å². The first kappa shape index (κ1) is 17.7. The van der Waals surface area contributed by atoms with Crippen LogP contribution in [-0.2, 0) is 13.0 Å². The predicted molar refractivity (Wildman–Crippen MR) is 96.9 cm³/mol. The number of rotatable bonds is 7. The number of benzene rings is 1. The monoisotopic (exact) mass is 315 g/mol. The lowest BCUT2D eigenvalue weighted by molar-refractivity contribution is 0.330. The predicted octanol–water partition coefficient (Wildman–Crippen LogP) is 3.37. The average Bonchev–Trinajstić information content (AvgIpc) is 2.49. The maximum absolute atomic E-state index is 12.9. The lowest BCUT2D eigenvalue weighted by atomic mass is 9.96. The van der Waals surface area contributed by atoms with Crippen LogP contribution < -0.4 is 10.9 Å². The second kappa shape index (κ2) is 7.73. The minimum Gasteiger partial charge on any atom is -0.317 e. The summed E-state index contributed by atoms with van der Waals surface area (Å²) >= 11 is 0.